The molecule has 2 nitrogen and oxygen atoms in total. The molecule has 0 saturated carbocycles. The van der Waals surface area contributed by atoms with Crippen LogP contribution in [0.25, 0.3) is 11.3 Å². The molecule has 1 aromatic carbocycles. The number of hydrogen-bond acceptors (Lipinski definition) is 2. The first-order valence-electron chi connectivity index (χ1n) is 4.18. The lowest BCUT2D eigenvalue weighted by atomic mass is 10.1. The zero-order valence-electron chi connectivity index (χ0n) is 7.45. The molecule has 0 radical (unpaired) electrons. The molecule has 2 N–H and O–H groups in total. The van der Waals surface area contributed by atoms with E-state index in [4.69, 9.17) is 10.2 Å². The molecule has 0 aliphatic carbocycles. The number of hydrogen-bond donors (Lipinski definition) is 1. The predicted octanol–water partition coefficient (Wildman–Crippen LogP) is 2.84. The molecular weight excluding hydrogens is 162 g/mol. The number of anilines is 1. The van der Waals surface area contributed by atoms with Gasteiger partial charge in [0.1, 0.15) is 11.5 Å². The molecule has 66 valence electrons. The van der Waals surface area contributed by atoms with Gasteiger partial charge in [0.15, 0.2) is 0 Å². The Balaban J connectivity index is 2.46. The van der Waals surface area contributed by atoms with Gasteiger partial charge in [-0.15, -0.1) is 0 Å². The molecular formula is C11H11NO. The average Bonchev–Trinajstić information content (AvgIpc) is 2.52. The molecule has 2 heteroatoms. The summed E-state index contributed by atoms with van der Waals surface area (Å²) >= 11 is 0. The van der Waals surface area contributed by atoms with Gasteiger partial charge in [-0.1, -0.05) is 12.1 Å². The standard InChI is InChI=1S/C11H11NO/c1-8-5-6-11(13-8)9-3-2-4-10(12)7-9/h2-7H,12H2,1H3. The Labute approximate surface area is 77.0 Å². The monoisotopic (exact) mass is 173 g/mol. The van der Waals surface area contributed by atoms with Crippen molar-refractivity contribution in [3.63, 3.8) is 0 Å². The molecule has 0 bridgehead atoms. The van der Waals surface area contributed by atoms with E-state index in [2.05, 4.69) is 0 Å². The Kier molecular flexibility index (Phi) is 1.81. The highest BCUT2D eigenvalue weighted by molar-refractivity contribution is 5.62. The number of rotatable bonds is 1. The maximum atomic E-state index is 5.66. The normalized spacial score (nSPS) is 10.2. The lowest BCUT2D eigenvalue weighted by molar-refractivity contribution is 0.548. The largest absolute Gasteiger partial charge is 0.461 e. The Morgan fingerprint density at radius 2 is 2.00 bits per heavy atom. The van der Waals surface area contributed by atoms with E-state index in [1.807, 2.05) is 43.3 Å². The first-order valence-corrected chi connectivity index (χ1v) is 4.18. The predicted molar refractivity (Wildman–Crippen MR) is 53.3 cm³/mol. The van der Waals surface area contributed by atoms with Crippen LogP contribution in [0.15, 0.2) is 40.8 Å². The van der Waals surface area contributed by atoms with E-state index in [0.29, 0.717) is 0 Å². The van der Waals surface area contributed by atoms with Gasteiger partial charge in [0.05, 0.1) is 0 Å². The van der Waals surface area contributed by atoms with Crippen molar-refractivity contribution in [1.29, 1.82) is 0 Å². The lowest BCUT2D eigenvalue weighted by Crippen LogP contribution is -1.83. The zero-order valence-corrected chi connectivity index (χ0v) is 7.45. The minimum absolute atomic E-state index is 0.756. The number of nitrogens with two attached hydrogens (primary N) is 1. The smallest absolute Gasteiger partial charge is 0.134 e. The maximum Gasteiger partial charge on any atom is 0.134 e. The second-order valence-electron chi connectivity index (χ2n) is 3.04. The van der Waals surface area contributed by atoms with Crippen LogP contribution in [-0.2, 0) is 0 Å². The second-order valence-corrected chi connectivity index (χ2v) is 3.04. The molecule has 0 fully saturated rings. The summed E-state index contributed by atoms with van der Waals surface area (Å²) < 4.78 is 5.47. The second kappa shape index (κ2) is 2.98. The molecule has 0 unspecified atom stereocenters. The molecule has 0 aliphatic rings. The summed E-state index contributed by atoms with van der Waals surface area (Å²) in [6.07, 6.45) is 0. The average molecular weight is 173 g/mol. The number of furan rings is 1. The van der Waals surface area contributed by atoms with E-state index in [1.54, 1.807) is 0 Å². The van der Waals surface area contributed by atoms with Gasteiger partial charge in [-0.2, -0.15) is 0 Å². The van der Waals surface area contributed by atoms with Crippen LogP contribution in [-0.4, -0.2) is 0 Å². The summed E-state index contributed by atoms with van der Waals surface area (Å²) in [5, 5.41) is 0. The van der Waals surface area contributed by atoms with Crippen LogP contribution in [0, 0.1) is 6.92 Å². The van der Waals surface area contributed by atoms with Crippen LogP contribution in [0.3, 0.4) is 0 Å². The molecule has 0 saturated heterocycles. The minimum atomic E-state index is 0.756. The summed E-state index contributed by atoms with van der Waals surface area (Å²) in [6, 6.07) is 11.6. The van der Waals surface area contributed by atoms with Gasteiger partial charge >= 0.3 is 0 Å². The quantitative estimate of drug-likeness (QED) is 0.673. The van der Waals surface area contributed by atoms with Crippen molar-refractivity contribution >= 4 is 5.69 Å². The highest BCUT2D eigenvalue weighted by Gasteiger charge is 2.01. The molecule has 2 aromatic rings. The fourth-order valence-corrected chi connectivity index (χ4v) is 1.28. The third-order valence-corrected chi connectivity index (χ3v) is 1.91. The van der Waals surface area contributed by atoms with Crippen LogP contribution in [0.4, 0.5) is 5.69 Å². The van der Waals surface area contributed by atoms with E-state index in [1.165, 1.54) is 0 Å². The lowest BCUT2D eigenvalue weighted by Gasteiger charge is -1.97. The highest BCUT2D eigenvalue weighted by Crippen LogP contribution is 2.23. The summed E-state index contributed by atoms with van der Waals surface area (Å²) in [5.74, 6) is 1.78. The van der Waals surface area contributed by atoms with E-state index in [9.17, 15) is 0 Å². The fraction of sp³-hybridized carbons (Fsp3) is 0.0909. The molecule has 0 spiro atoms. The van der Waals surface area contributed by atoms with Gasteiger partial charge in [-0.25, -0.2) is 0 Å². The van der Waals surface area contributed by atoms with Crippen molar-refractivity contribution in [2.75, 3.05) is 5.73 Å². The van der Waals surface area contributed by atoms with Crippen LogP contribution in [0.1, 0.15) is 5.76 Å². The third-order valence-electron chi connectivity index (χ3n) is 1.91. The van der Waals surface area contributed by atoms with Crippen molar-refractivity contribution in [3.8, 4) is 11.3 Å². The Morgan fingerprint density at radius 3 is 2.62 bits per heavy atom. The van der Waals surface area contributed by atoms with Gasteiger partial charge in [-0.05, 0) is 31.2 Å². The van der Waals surface area contributed by atoms with Crippen molar-refractivity contribution in [3.05, 3.63) is 42.2 Å². The number of aryl methyl sites for hydroxylation is 1. The molecule has 1 aromatic heterocycles. The fourth-order valence-electron chi connectivity index (χ4n) is 1.28. The van der Waals surface area contributed by atoms with E-state index < -0.39 is 0 Å². The van der Waals surface area contributed by atoms with Crippen LogP contribution in [0.5, 0.6) is 0 Å². The molecule has 0 aliphatic heterocycles. The first kappa shape index (κ1) is 7.92. The van der Waals surface area contributed by atoms with Gasteiger partial charge in [0, 0.05) is 11.3 Å². The molecule has 2 rings (SSSR count). The molecule has 13 heavy (non-hydrogen) atoms. The van der Waals surface area contributed by atoms with Crippen LogP contribution in [0.2, 0.25) is 0 Å². The third kappa shape index (κ3) is 1.56. The van der Waals surface area contributed by atoms with Crippen LogP contribution < -0.4 is 5.73 Å². The maximum absolute atomic E-state index is 5.66. The highest BCUT2D eigenvalue weighted by atomic mass is 16.3. The van der Waals surface area contributed by atoms with Crippen molar-refractivity contribution in [2.24, 2.45) is 0 Å². The Bertz CT molecular complexity index is 418. The summed E-state index contributed by atoms with van der Waals surface area (Å²) in [7, 11) is 0. The van der Waals surface area contributed by atoms with E-state index in [0.717, 1.165) is 22.8 Å². The first-order chi connectivity index (χ1) is 6.25. The van der Waals surface area contributed by atoms with Gasteiger partial charge in [0.2, 0.25) is 0 Å². The topological polar surface area (TPSA) is 39.2 Å². The zero-order chi connectivity index (χ0) is 9.26. The summed E-state index contributed by atoms with van der Waals surface area (Å²) in [6.45, 7) is 1.93. The molecule has 0 atom stereocenters. The number of nitrogen functional groups attached to an aromatic ring is 1. The van der Waals surface area contributed by atoms with Crippen molar-refractivity contribution in [1.82, 2.24) is 0 Å². The van der Waals surface area contributed by atoms with Gasteiger partial charge in [-0.3, -0.25) is 0 Å². The van der Waals surface area contributed by atoms with Crippen molar-refractivity contribution in [2.45, 2.75) is 6.92 Å². The Hall–Kier alpha value is -1.70. The van der Waals surface area contributed by atoms with E-state index in [-0.39, 0.29) is 0 Å². The SMILES string of the molecule is Cc1ccc(-c2cccc(N)c2)o1. The molecule has 0 amide bonds. The van der Waals surface area contributed by atoms with E-state index >= 15 is 0 Å². The van der Waals surface area contributed by atoms with Gasteiger partial charge < -0.3 is 10.2 Å². The molecule has 1 heterocycles. The van der Waals surface area contributed by atoms with Gasteiger partial charge in [0.25, 0.3) is 0 Å². The van der Waals surface area contributed by atoms with Crippen LogP contribution >= 0.6 is 0 Å². The summed E-state index contributed by atoms with van der Waals surface area (Å²) in [4.78, 5) is 0. The van der Waals surface area contributed by atoms with Crippen molar-refractivity contribution < 1.29 is 4.42 Å². The summed E-state index contributed by atoms with van der Waals surface area (Å²) in [5.41, 5.74) is 7.44. The minimum Gasteiger partial charge on any atom is -0.461 e. The number of benzene rings is 1. The Morgan fingerprint density at radius 1 is 1.15 bits per heavy atom.